The summed E-state index contributed by atoms with van der Waals surface area (Å²) < 4.78 is 51.6. The van der Waals surface area contributed by atoms with E-state index in [1.165, 1.54) is 12.3 Å². The third kappa shape index (κ3) is 10.5. The van der Waals surface area contributed by atoms with Crippen LogP contribution in [0.5, 0.6) is 0 Å². The van der Waals surface area contributed by atoms with Crippen molar-refractivity contribution in [1.29, 1.82) is 0 Å². The number of anilines is 1. The van der Waals surface area contributed by atoms with Gasteiger partial charge in [0.25, 0.3) is 0 Å². The molecule has 0 aromatic carbocycles. The van der Waals surface area contributed by atoms with Gasteiger partial charge in [0.15, 0.2) is 0 Å². The Morgan fingerprint density at radius 1 is 1.14 bits per heavy atom. The predicted molar refractivity (Wildman–Crippen MR) is 97.4 cm³/mol. The Bertz CT molecular complexity index is 893. The van der Waals surface area contributed by atoms with E-state index >= 15 is 0 Å². The zero-order chi connectivity index (χ0) is 20.5. The molecule has 0 aliphatic carbocycles. The molecule has 0 amide bonds. The van der Waals surface area contributed by atoms with E-state index in [1.54, 1.807) is 0 Å². The molecule has 2 heterocycles. The van der Waals surface area contributed by atoms with Gasteiger partial charge in [0.1, 0.15) is 12.0 Å². The number of hydrogen-bond acceptors (Lipinski definition) is 10. The molecule has 6 N–H and O–H groups in total. The first kappa shape index (κ1) is 30.0. The van der Waals surface area contributed by atoms with E-state index in [-0.39, 0.29) is 71.4 Å². The maximum Gasteiger partial charge on any atom is 0.490 e. The standard InChI is InChI=1S/C9H16N3O12P3.2Na/c10-7-3-4-12(9(13)11-7)8-2-1-6(22-8)5-21-26(17,18)24-27(19,20)23-25(14,15)16;;/h3-4,6,8H,1-2,5H2,(H,17,18)(H,19,20)(H2,10,11,13)(H2,14,15,16);;/t6-,8+;;/m0../s1. The number of nitrogens with zero attached hydrogens (tertiary/aromatic N) is 2. The van der Waals surface area contributed by atoms with E-state index in [1.807, 2.05) is 0 Å². The van der Waals surface area contributed by atoms with Crippen molar-refractivity contribution in [1.82, 2.24) is 9.55 Å². The van der Waals surface area contributed by atoms with Gasteiger partial charge in [-0.25, -0.2) is 18.5 Å². The van der Waals surface area contributed by atoms with Gasteiger partial charge in [0.2, 0.25) is 0 Å². The van der Waals surface area contributed by atoms with Crippen LogP contribution in [0.2, 0.25) is 0 Å². The Hall–Kier alpha value is 1.05. The van der Waals surface area contributed by atoms with E-state index < -0.39 is 48.1 Å². The van der Waals surface area contributed by atoms with Crippen molar-refractivity contribution >= 4 is 88.4 Å². The van der Waals surface area contributed by atoms with Gasteiger partial charge in [0, 0.05) is 65.3 Å². The summed E-state index contributed by atoms with van der Waals surface area (Å²) in [6, 6.07) is 1.38. The zero-order valence-electron chi connectivity index (χ0n) is 15.3. The number of rotatable bonds is 8. The number of hydrogen-bond donors (Lipinski definition) is 5. The van der Waals surface area contributed by atoms with Crippen molar-refractivity contribution in [3.63, 3.8) is 0 Å². The van der Waals surface area contributed by atoms with Gasteiger partial charge in [-0.2, -0.15) is 13.6 Å². The molecule has 2 radical (unpaired) electrons. The number of aromatic nitrogens is 2. The van der Waals surface area contributed by atoms with E-state index in [4.69, 9.17) is 25.2 Å². The van der Waals surface area contributed by atoms with Gasteiger partial charge in [-0.15, -0.1) is 0 Å². The van der Waals surface area contributed by atoms with Gasteiger partial charge in [-0.3, -0.25) is 9.09 Å². The third-order valence-corrected chi connectivity index (χ3v) is 6.89. The molecule has 29 heavy (non-hydrogen) atoms. The first-order chi connectivity index (χ1) is 12.3. The number of ether oxygens (including phenoxy) is 1. The smallest absolute Gasteiger partial charge is 0.383 e. The Balaban J connectivity index is 0.00000392. The quantitative estimate of drug-likeness (QED) is 0.216. The Kier molecular flexibility index (Phi) is 12.2. The molecule has 1 aliphatic heterocycles. The molecule has 4 atom stereocenters. The van der Waals surface area contributed by atoms with Crippen LogP contribution in [0.25, 0.3) is 0 Å². The molecule has 1 aliphatic rings. The van der Waals surface area contributed by atoms with Crippen molar-refractivity contribution in [2.75, 3.05) is 12.3 Å². The van der Waals surface area contributed by atoms with Crippen LogP contribution in [0.4, 0.5) is 5.82 Å². The first-order valence-electron chi connectivity index (χ1n) is 7.05. The number of phosphoric acid groups is 3. The summed E-state index contributed by atoms with van der Waals surface area (Å²) in [5, 5.41) is 0. The maximum atomic E-state index is 11.7. The SMILES string of the molecule is Nc1ccn([C@H]2CC[C@@H](COP(=O)(O)OP(=O)(O)OP(=O)(O)O)O2)c(=O)n1.[Na].[Na]. The fraction of sp³-hybridized carbons (Fsp3) is 0.556. The van der Waals surface area contributed by atoms with E-state index in [9.17, 15) is 23.4 Å². The molecule has 156 valence electrons. The molecular formula is C9H16N3Na2O12P3. The predicted octanol–water partition coefficient (Wildman–Crippen LogP) is -0.915. The minimum absolute atomic E-state index is 0. The number of nitrogens with two attached hydrogens (primary N) is 1. The van der Waals surface area contributed by atoms with Crippen LogP contribution in [0.1, 0.15) is 19.1 Å². The Labute approximate surface area is 208 Å². The summed E-state index contributed by atoms with van der Waals surface area (Å²) in [6.07, 6.45) is 0.456. The molecule has 15 nitrogen and oxygen atoms in total. The van der Waals surface area contributed by atoms with Crippen LogP contribution >= 0.6 is 23.5 Å². The summed E-state index contributed by atoms with van der Waals surface area (Å²) in [7, 11) is -16.3. The Morgan fingerprint density at radius 3 is 2.31 bits per heavy atom. The van der Waals surface area contributed by atoms with Gasteiger partial charge in [-0.05, 0) is 18.9 Å². The van der Waals surface area contributed by atoms with Crippen molar-refractivity contribution in [3.05, 3.63) is 22.7 Å². The summed E-state index contributed by atoms with van der Waals surface area (Å²) in [5.41, 5.74) is 4.72. The fourth-order valence-corrected chi connectivity index (χ4v) is 5.19. The molecule has 20 heteroatoms. The molecule has 2 unspecified atom stereocenters. The number of nitrogen functional groups attached to an aromatic ring is 1. The molecule has 2 rings (SSSR count). The minimum atomic E-state index is -5.58. The molecule has 0 bridgehead atoms. The van der Waals surface area contributed by atoms with E-state index in [0.717, 1.165) is 4.57 Å². The van der Waals surface area contributed by atoms with Gasteiger partial charge < -0.3 is 30.0 Å². The molecule has 1 fully saturated rings. The first-order valence-corrected chi connectivity index (χ1v) is 11.6. The molecule has 0 spiro atoms. The van der Waals surface area contributed by atoms with E-state index in [0.29, 0.717) is 6.42 Å². The fourth-order valence-electron chi connectivity index (χ4n) is 2.14. The summed E-state index contributed by atoms with van der Waals surface area (Å²) in [5.74, 6) is 0.0263. The molecule has 0 saturated carbocycles. The second kappa shape index (κ2) is 11.8. The maximum absolute atomic E-state index is 11.7. The topological polar surface area (TPSA) is 230 Å². The summed E-state index contributed by atoms with van der Waals surface area (Å²) >= 11 is 0. The van der Waals surface area contributed by atoms with Crippen molar-refractivity contribution in [2.24, 2.45) is 0 Å². The second-order valence-electron chi connectivity index (χ2n) is 5.22. The van der Waals surface area contributed by atoms with Gasteiger partial charge in [-0.1, -0.05) is 0 Å². The van der Waals surface area contributed by atoms with Crippen molar-refractivity contribution in [3.8, 4) is 0 Å². The van der Waals surface area contributed by atoms with Crippen LogP contribution in [0.3, 0.4) is 0 Å². The minimum Gasteiger partial charge on any atom is -0.383 e. The molecule has 1 aromatic rings. The van der Waals surface area contributed by atoms with Crippen LogP contribution < -0.4 is 11.4 Å². The summed E-state index contributed by atoms with van der Waals surface area (Å²) in [4.78, 5) is 50.6. The van der Waals surface area contributed by atoms with Crippen LogP contribution in [0, 0.1) is 0 Å². The van der Waals surface area contributed by atoms with Crippen LogP contribution in [-0.4, -0.2) is 101 Å². The summed E-state index contributed by atoms with van der Waals surface area (Å²) in [6.45, 7) is -0.586. The molecule has 1 saturated heterocycles. The van der Waals surface area contributed by atoms with Crippen molar-refractivity contribution < 1.29 is 51.2 Å². The van der Waals surface area contributed by atoms with E-state index in [2.05, 4.69) is 18.1 Å². The monoisotopic (exact) mass is 497 g/mol. The Morgan fingerprint density at radius 2 is 1.76 bits per heavy atom. The number of phosphoric ester groups is 1. The molecular weight excluding hydrogens is 481 g/mol. The van der Waals surface area contributed by atoms with Gasteiger partial charge >= 0.3 is 29.2 Å². The molecule has 1 aromatic heterocycles. The van der Waals surface area contributed by atoms with Crippen molar-refractivity contribution in [2.45, 2.75) is 25.2 Å². The normalized spacial score (nSPS) is 23.3. The van der Waals surface area contributed by atoms with Crippen LogP contribution in [-0.2, 0) is 31.6 Å². The largest absolute Gasteiger partial charge is 0.490 e. The second-order valence-corrected chi connectivity index (χ2v) is 9.64. The average Bonchev–Trinajstić information content (AvgIpc) is 2.90. The van der Waals surface area contributed by atoms with Gasteiger partial charge in [0.05, 0.1) is 12.7 Å². The zero-order valence-corrected chi connectivity index (χ0v) is 22.0. The third-order valence-electron chi connectivity index (χ3n) is 3.09. The average molecular weight is 497 g/mol. The van der Waals surface area contributed by atoms with Crippen LogP contribution in [0.15, 0.2) is 17.1 Å².